The van der Waals surface area contributed by atoms with Crippen molar-refractivity contribution in [3.63, 3.8) is 0 Å². The minimum atomic E-state index is -3.48. The number of hydrogen-bond donors (Lipinski definition) is 1. The van der Waals surface area contributed by atoms with Crippen molar-refractivity contribution in [2.45, 2.75) is 28.9 Å². The van der Waals surface area contributed by atoms with Crippen molar-refractivity contribution in [1.82, 2.24) is 10.2 Å². The molecule has 28 heavy (non-hydrogen) atoms. The van der Waals surface area contributed by atoms with Crippen LogP contribution < -0.4 is 5.32 Å². The summed E-state index contributed by atoms with van der Waals surface area (Å²) in [6, 6.07) is 13.4. The number of rotatable bonds is 6. The average molecular weight is 418 g/mol. The minimum absolute atomic E-state index is 0.0633. The zero-order valence-electron chi connectivity index (χ0n) is 15.5. The second kappa shape index (κ2) is 8.15. The van der Waals surface area contributed by atoms with Crippen molar-refractivity contribution in [3.8, 4) is 11.5 Å². The van der Waals surface area contributed by atoms with Gasteiger partial charge in [0, 0.05) is 16.0 Å². The van der Waals surface area contributed by atoms with Gasteiger partial charge in [-0.15, -0.1) is 16.9 Å². The highest BCUT2D eigenvalue weighted by Crippen LogP contribution is 2.25. The van der Waals surface area contributed by atoms with Crippen LogP contribution in [0.2, 0.25) is 0 Å². The number of nitrogens with zero attached hydrogens (tertiary/aromatic N) is 2. The van der Waals surface area contributed by atoms with E-state index in [0.717, 1.165) is 10.5 Å². The van der Waals surface area contributed by atoms with E-state index in [1.807, 2.05) is 30.5 Å². The topological polar surface area (TPSA) is 102 Å². The van der Waals surface area contributed by atoms with Gasteiger partial charge in [-0.1, -0.05) is 17.2 Å². The quantitative estimate of drug-likeness (QED) is 0.607. The van der Waals surface area contributed by atoms with Crippen LogP contribution in [0.1, 0.15) is 24.2 Å². The number of carbonyl (C=O) groups excluding carboxylic acids is 1. The van der Waals surface area contributed by atoms with Crippen molar-refractivity contribution in [1.29, 1.82) is 0 Å². The first-order valence-corrected chi connectivity index (χ1v) is 11.2. The van der Waals surface area contributed by atoms with E-state index < -0.39 is 21.0 Å². The Morgan fingerprint density at radius 1 is 1.11 bits per heavy atom. The third-order valence-corrected chi connectivity index (χ3v) is 6.89. The van der Waals surface area contributed by atoms with Crippen LogP contribution in [0.25, 0.3) is 11.5 Å². The molecule has 0 atom stereocenters. The number of amides is 1. The fourth-order valence-electron chi connectivity index (χ4n) is 2.40. The maximum atomic E-state index is 12.5. The van der Waals surface area contributed by atoms with Crippen molar-refractivity contribution in [2.75, 3.05) is 11.6 Å². The summed E-state index contributed by atoms with van der Waals surface area (Å²) in [6.07, 6.45) is 1.96. The van der Waals surface area contributed by atoms with Gasteiger partial charge in [-0.2, -0.15) is 0 Å². The predicted molar refractivity (Wildman–Crippen MR) is 108 cm³/mol. The summed E-state index contributed by atoms with van der Waals surface area (Å²) in [5.41, 5.74) is 0.927. The first-order chi connectivity index (χ1) is 13.3. The summed E-state index contributed by atoms with van der Waals surface area (Å²) in [7, 11) is -3.48. The maximum absolute atomic E-state index is 12.5. The molecular formula is C19H19N3O4S2. The molecular weight excluding hydrogens is 398 g/mol. The fraction of sp³-hybridized carbons (Fsp3) is 0.211. The molecule has 0 bridgehead atoms. The highest BCUT2D eigenvalue weighted by molar-refractivity contribution is 7.98. The van der Waals surface area contributed by atoms with Crippen LogP contribution in [0.5, 0.6) is 0 Å². The Labute approximate surface area is 167 Å². The van der Waals surface area contributed by atoms with E-state index in [1.165, 1.54) is 24.3 Å². The van der Waals surface area contributed by atoms with Gasteiger partial charge in [-0.3, -0.25) is 10.1 Å². The van der Waals surface area contributed by atoms with E-state index in [4.69, 9.17) is 4.42 Å². The lowest BCUT2D eigenvalue weighted by molar-refractivity contribution is 0.102. The molecule has 0 spiro atoms. The van der Waals surface area contributed by atoms with E-state index in [-0.39, 0.29) is 22.4 Å². The normalized spacial score (nSPS) is 11.6. The number of benzene rings is 2. The largest absolute Gasteiger partial charge is 0.403 e. The van der Waals surface area contributed by atoms with Crippen LogP contribution >= 0.6 is 11.8 Å². The van der Waals surface area contributed by atoms with Crippen molar-refractivity contribution >= 4 is 33.5 Å². The molecule has 0 aliphatic heterocycles. The van der Waals surface area contributed by atoms with Gasteiger partial charge in [-0.25, -0.2) is 8.42 Å². The van der Waals surface area contributed by atoms with Crippen molar-refractivity contribution < 1.29 is 17.6 Å². The number of thioether (sulfide) groups is 1. The molecule has 0 aliphatic carbocycles. The highest BCUT2D eigenvalue weighted by atomic mass is 32.2. The Morgan fingerprint density at radius 3 is 2.57 bits per heavy atom. The van der Waals surface area contributed by atoms with Gasteiger partial charge in [0.05, 0.1) is 10.1 Å². The Kier molecular flexibility index (Phi) is 5.85. The van der Waals surface area contributed by atoms with E-state index >= 15 is 0 Å². The second-order valence-electron chi connectivity index (χ2n) is 6.22. The number of anilines is 1. The predicted octanol–water partition coefficient (Wildman–Crippen LogP) is 3.89. The smallest absolute Gasteiger partial charge is 0.322 e. The lowest BCUT2D eigenvalue weighted by Gasteiger charge is -2.09. The van der Waals surface area contributed by atoms with Crippen LogP contribution in [-0.4, -0.2) is 36.0 Å². The van der Waals surface area contributed by atoms with Crippen LogP contribution in [0, 0.1) is 0 Å². The van der Waals surface area contributed by atoms with Gasteiger partial charge in [-0.05, 0) is 56.5 Å². The molecule has 3 rings (SSSR count). The Bertz CT molecular complexity index is 1110. The summed E-state index contributed by atoms with van der Waals surface area (Å²) < 4.78 is 30.1. The van der Waals surface area contributed by atoms with Gasteiger partial charge in [0.25, 0.3) is 5.91 Å². The first kappa shape index (κ1) is 20.1. The Morgan fingerprint density at radius 2 is 1.86 bits per heavy atom. The maximum Gasteiger partial charge on any atom is 0.322 e. The van der Waals surface area contributed by atoms with Crippen molar-refractivity contribution in [2.24, 2.45) is 0 Å². The first-order valence-electron chi connectivity index (χ1n) is 8.44. The lowest BCUT2D eigenvalue weighted by Crippen LogP contribution is -2.16. The van der Waals surface area contributed by atoms with Crippen molar-refractivity contribution in [3.05, 3.63) is 54.1 Å². The van der Waals surface area contributed by atoms with Gasteiger partial charge in [0.15, 0.2) is 9.84 Å². The summed E-state index contributed by atoms with van der Waals surface area (Å²) in [5.74, 6) is -0.254. The summed E-state index contributed by atoms with van der Waals surface area (Å²) in [6.45, 7) is 3.18. The van der Waals surface area contributed by atoms with Crippen LogP contribution in [0.3, 0.4) is 0 Å². The van der Waals surface area contributed by atoms with Crippen LogP contribution in [-0.2, 0) is 9.84 Å². The third kappa shape index (κ3) is 4.26. The number of aromatic nitrogens is 2. The molecule has 3 aromatic rings. The van der Waals surface area contributed by atoms with E-state index in [1.54, 1.807) is 25.6 Å². The molecule has 146 valence electrons. The number of hydrogen-bond acceptors (Lipinski definition) is 7. The molecule has 1 amide bonds. The van der Waals surface area contributed by atoms with E-state index in [0.29, 0.717) is 0 Å². The standard InChI is InChI=1S/C19H19N3O4S2/c1-12(2)28(24,25)16-9-5-6-13(11-16)17(23)20-19-22-21-18(26-19)14-7-4-8-15(10-14)27-3/h4-12H,1-3H3,(H,20,22,23). The lowest BCUT2D eigenvalue weighted by atomic mass is 10.2. The number of nitrogens with one attached hydrogen (secondary N) is 1. The third-order valence-electron chi connectivity index (χ3n) is 4.01. The molecule has 0 aliphatic rings. The monoisotopic (exact) mass is 417 g/mol. The molecule has 9 heteroatoms. The van der Waals surface area contributed by atoms with Gasteiger partial charge in [0.2, 0.25) is 5.89 Å². The highest BCUT2D eigenvalue weighted by Gasteiger charge is 2.21. The molecule has 1 aromatic heterocycles. The zero-order chi connectivity index (χ0) is 20.3. The molecule has 2 aromatic carbocycles. The Hall–Kier alpha value is -2.65. The fourth-order valence-corrected chi connectivity index (χ4v) is 3.97. The molecule has 7 nitrogen and oxygen atoms in total. The summed E-state index contributed by atoms with van der Waals surface area (Å²) >= 11 is 1.59. The van der Waals surface area contributed by atoms with Crippen LogP contribution in [0.4, 0.5) is 6.01 Å². The number of carbonyl (C=O) groups is 1. The molecule has 0 unspecified atom stereocenters. The van der Waals surface area contributed by atoms with E-state index in [2.05, 4.69) is 15.5 Å². The minimum Gasteiger partial charge on any atom is -0.403 e. The zero-order valence-corrected chi connectivity index (χ0v) is 17.2. The Balaban J connectivity index is 1.80. The average Bonchev–Trinajstić information content (AvgIpc) is 3.16. The molecule has 0 fully saturated rings. The molecule has 1 heterocycles. The SMILES string of the molecule is CSc1cccc(-c2nnc(NC(=O)c3cccc(S(=O)(=O)C(C)C)c3)o2)c1. The molecule has 0 saturated heterocycles. The summed E-state index contributed by atoms with van der Waals surface area (Å²) in [5, 5.41) is 9.71. The van der Waals surface area contributed by atoms with Gasteiger partial charge in [0.1, 0.15) is 0 Å². The van der Waals surface area contributed by atoms with Gasteiger partial charge >= 0.3 is 6.01 Å². The van der Waals surface area contributed by atoms with Crippen LogP contribution in [0.15, 0.2) is 62.7 Å². The number of sulfone groups is 1. The molecule has 0 saturated carbocycles. The molecule has 0 radical (unpaired) electrons. The van der Waals surface area contributed by atoms with Gasteiger partial charge < -0.3 is 4.42 Å². The molecule has 1 N–H and O–H groups in total. The second-order valence-corrected chi connectivity index (χ2v) is 9.60. The van der Waals surface area contributed by atoms with E-state index in [9.17, 15) is 13.2 Å². The summed E-state index contributed by atoms with van der Waals surface area (Å²) in [4.78, 5) is 13.6.